The molecule has 1 aliphatic heterocycles. The first kappa shape index (κ1) is 18.2. The number of benzene rings is 1. The molecule has 1 aromatic carbocycles. The summed E-state index contributed by atoms with van der Waals surface area (Å²) in [6, 6.07) is 3.84. The fourth-order valence-electron chi connectivity index (χ4n) is 3.02. The predicted molar refractivity (Wildman–Crippen MR) is 88.0 cm³/mol. The number of nitro groups is 1. The zero-order valence-electron chi connectivity index (χ0n) is 13.5. The molecular weight excluding hydrogens is 336 g/mol. The topological polar surface area (TPSA) is 89.8 Å². The van der Waals surface area contributed by atoms with Crippen LogP contribution in [0.25, 0.3) is 0 Å². The van der Waals surface area contributed by atoms with Crippen LogP contribution in [-0.4, -0.2) is 40.4 Å². The second-order valence-electron chi connectivity index (χ2n) is 5.92. The van der Waals surface area contributed by atoms with Crippen molar-refractivity contribution in [3.05, 3.63) is 38.9 Å². The number of carbonyl (C=O) groups excluding carboxylic acids is 2. The van der Waals surface area contributed by atoms with Gasteiger partial charge in [-0.3, -0.25) is 14.9 Å². The number of esters is 1. The maximum Gasteiger partial charge on any atom is 0.345 e. The van der Waals surface area contributed by atoms with Crippen LogP contribution in [0.5, 0.6) is 0 Å². The molecule has 0 N–H and O–H groups in total. The van der Waals surface area contributed by atoms with Crippen molar-refractivity contribution in [1.29, 1.82) is 0 Å². The van der Waals surface area contributed by atoms with Crippen LogP contribution in [0.15, 0.2) is 18.2 Å². The fourth-order valence-corrected chi connectivity index (χ4v) is 3.19. The Morgan fingerprint density at radius 1 is 1.33 bits per heavy atom. The van der Waals surface area contributed by atoms with Crippen LogP contribution in [0, 0.1) is 10.1 Å². The van der Waals surface area contributed by atoms with Crippen molar-refractivity contribution in [3.63, 3.8) is 0 Å². The molecule has 8 heteroatoms. The van der Waals surface area contributed by atoms with E-state index in [0.29, 0.717) is 0 Å². The minimum Gasteiger partial charge on any atom is -0.452 e. The van der Waals surface area contributed by atoms with E-state index in [1.54, 1.807) is 4.90 Å². The predicted octanol–water partition coefficient (Wildman–Crippen LogP) is 3.19. The van der Waals surface area contributed by atoms with E-state index >= 15 is 0 Å². The van der Waals surface area contributed by atoms with E-state index in [0.717, 1.165) is 25.3 Å². The van der Waals surface area contributed by atoms with Gasteiger partial charge in [-0.2, -0.15) is 0 Å². The average molecular weight is 355 g/mol. The number of hydrogen-bond donors (Lipinski definition) is 0. The van der Waals surface area contributed by atoms with Gasteiger partial charge < -0.3 is 9.64 Å². The van der Waals surface area contributed by atoms with Crippen molar-refractivity contribution >= 4 is 29.2 Å². The molecule has 0 radical (unpaired) electrons. The molecule has 130 valence electrons. The summed E-state index contributed by atoms with van der Waals surface area (Å²) in [6.45, 7) is 3.48. The largest absolute Gasteiger partial charge is 0.452 e. The van der Waals surface area contributed by atoms with Crippen molar-refractivity contribution in [1.82, 2.24) is 4.90 Å². The van der Waals surface area contributed by atoms with Crippen LogP contribution < -0.4 is 0 Å². The Morgan fingerprint density at radius 2 is 1.96 bits per heavy atom. The van der Waals surface area contributed by atoms with Crippen molar-refractivity contribution in [3.8, 4) is 0 Å². The maximum absolute atomic E-state index is 12.3. The molecule has 1 saturated heterocycles. The van der Waals surface area contributed by atoms with E-state index in [4.69, 9.17) is 16.3 Å². The van der Waals surface area contributed by atoms with Crippen molar-refractivity contribution in [2.75, 3.05) is 6.61 Å². The number of hydrogen-bond acceptors (Lipinski definition) is 5. The van der Waals surface area contributed by atoms with Crippen LogP contribution in [0.4, 0.5) is 5.69 Å². The monoisotopic (exact) mass is 354 g/mol. The second-order valence-corrected chi connectivity index (χ2v) is 6.36. The molecule has 0 aliphatic carbocycles. The molecule has 24 heavy (non-hydrogen) atoms. The lowest BCUT2D eigenvalue weighted by atomic mass is 9.97. The Morgan fingerprint density at radius 3 is 2.54 bits per heavy atom. The van der Waals surface area contributed by atoms with Gasteiger partial charge in [-0.1, -0.05) is 11.6 Å². The molecule has 0 bridgehead atoms. The lowest BCUT2D eigenvalue weighted by molar-refractivity contribution is -0.385. The maximum atomic E-state index is 12.3. The highest BCUT2D eigenvalue weighted by Crippen LogP contribution is 2.25. The Kier molecular flexibility index (Phi) is 5.77. The molecule has 1 aliphatic rings. The third-order valence-electron chi connectivity index (χ3n) is 4.18. The van der Waals surface area contributed by atoms with Gasteiger partial charge in [0.2, 0.25) is 0 Å². The molecule has 2 atom stereocenters. The molecule has 7 nitrogen and oxygen atoms in total. The van der Waals surface area contributed by atoms with Gasteiger partial charge in [-0.15, -0.1) is 0 Å². The fraction of sp³-hybridized carbons (Fsp3) is 0.500. The molecule has 1 aromatic rings. The first-order chi connectivity index (χ1) is 11.3. The van der Waals surface area contributed by atoms with Gasteiger partial charge in [-0.05, 0) is 45.2 Å². The first-order valence-electron chi connectivity index (χ1n) is 7.73. The van der Waals surface area contributed by atoms with Crippen LogP contribution >= 0.6 is 11.6 Å². The SMILES string of the molecule is C[C@H]1CCC[C@H](C)N1C(=O)COC(=O)c1ccc(Cl)cc1[N+](=O)[O-]. The summed E-state index contributed by atoms with van der Waals surface area (Å²) >= 11 is 5.71. The summed E-state index contributed by atoms with van der Waals surface area (Å²) in [7, 11) is 0. The summed E-state index contributed by atoms with van der Waals surface area (Å²) in [4.78, 5) is 36.4. The standard InChI is InChI=1S/C16H19ClN2O5/c1-10-4-3-5-11(2)18(10)15(20)9-24-16(21)13-7-6-12(17)8-14(13)19(22)23/h6-8,10-11H,3-5,9H2,1-2H3/t10-,11-/m0/s1. The number of rotatable bonds is 4. The quantitative estimate of drug-likeness (QED) is 0.470. The van der Waals surface area contributed by atoms with E-state index in [1.165, 1.54) is 12.1 Å². The molecule has 0 saturated carbocycles. The number of likely N-dealkylation sites (tertiary alicyclic amines) is 1. The zero-order chi connectivity index (χ0) is 17.9. The van der Waals surface area contributed by atoms with Crippen molar-refractivity contribution in [2.45, 2.75) is 45.2 Å². The molecule has 0 aromatic heterocycles. The van der Waals surface area contributed by atoms with Crippen molar-refractivity contribution in [2.24, 2.45) is 0 Å². The zero-order valence-corrected chi connectivity index (χ0v) is 14.3. The highest BCUT2D eigenvalue weighted by Gasteiger charge is 2.30. The summed E-state index contributed by atoms with van der Waals surface area (Å²) < 4.78 is 4.99. The van der Waals surface area contributed by atoms with Gasteiger partial charge in [0.15, 0.2) is 6.61 Å². The Labute approximate surface area is 144 Å². The summed E-state index contributed by atoms with van der Waals surface area (Å²) in [6.07, 6.45) is 2.88. The highest BCUT2D eigenvalue weighted by atomic mass is 35.5. The molecule has 1 heterocycles. The minimum atomic E-state index is -0.913. The molecule has 0 spiro atoms. The molecular formula is C16H19ClN2O5. The van der Waals surface area contributed by atoms with Gasteiger partial charge >= 0.3 is 5.97 Å². The van der Waals surface area contributed by atoms with Crippen LogP contribution in [0.2, 0.25) is 5.02 Å². The third-order valence-corrected chi connectivity index (χ3v) is 4.42. The molecule has 0 unspecified atom stereocenters. The van der Waals surface area contributed by atoms with Gasteiger partial charge in [-0.25, -0.2) is 4.79 Å². The van der Waals surface area contributed by atoms with Crippen LogP contribution in [0.1, 0.15) is 43.5 Å². The van der Waals surface area contributed by atoms with E-state index < -0.39 is 23.2 Å². The third kappa shape index (κ3) is 4.03. The molecule has 1 fully saturated rings. The summed E-state index contributed by atoms with van der Waals surface area (Å²) in [5.41, 5.74) is -0.670. The van der Waals surface area contributed by atoms with E-state index in [-0.39, 0.29) is 28.6 Å². The number of carbonyl (C=O) groups is 2. The number of ether oxygens (including phenoxy) is 1. The number of nitro benzene ring substituents is 1. The Hall–Kier alpha value is -2.15. The van der Waals surface area contributed by atoms with E-state index in [2.05, 4.69) is 0 Å². The van der Waals surface area contributed by atoms with Crippen LogP contribution in [0.3, 0.4) is 0 Å². The Balaban J connectivity index is 2.05. The van der Waals surface area contributed by atoms with Crippen LogP contribution in [-0.2, 0) is 9.53 Å². The normalized spacial score (nSPS) is 20.5. The van der Waals surface area contributed by atoms with Gasteiger partial charge in [0.05, 0.1) is 4.92 Å². The van der Waals surface area contributed by atoms with Gasteiger partial charge in [0.1, 0.15) is 5.56 Å². The van der Waals surface area contributed by atoms with Gasteiger partial charge in [0.25, 0.3) is 11.6 Å². The first-order valence-corrected chi connectivity index (χ1v) is 8.11. The average Bonchev–Trinajstić information content (AvgIpc) is 2.52. The number of piperidine rings is 1. The summed E-state index contributed by atoms with van der Waals surface area (Å²) in [5, 5.41) is 11.2. The molecule has 1 amide bonds. The van der Waals surface area contributed by atoms with Crippen molar-refractivity contribution < 1.29 is 19.2 Å². The highest BCUT2D eigenvalue weighted by molar-refractivity contribution is 6.31. The number of nitrogens with zero attached hydrogens (tertiary/aromatic N) is 2. The number of halogens is 1. The van der Waals surface area contributed by atoms with Gasteiger partial charge in [0, 0.05) is 23.2 Å². The van der Waals surface area contributed by atoms with E-state index in [1.807, 2.05) is 13.8 Å². The summed E-state index contributed by atoms with van der Waals surface area (Å²) in [5.74, 6) is -1.20. The lowest BCUT2D eigenvalue weighted by Crippen LogP contribution is -2.49. The second kappa shape index (κ2) is 7.61. The smallest absolute Gasteiger partial charge is 0.345 e. The van der Waals surface area contributed by atoms with E-state index in [9.17, 15) is 19.7 Å². The lowest BCUT2D eigenvalue weighted by Gasteiger charge is -2.38. The molecule has 2 rings (SSSR count). The minimum absolute atomic E-state index is 0.0878. The number of amides is 1. The Bertz CT molecular complexity index is 654.